The van der Waals surface area contributed by atoms with Gasteiger partial charge in [0.25, 0.3) is 0 Å². The molecule has 0 spiro atoms. The minimum absolute atomic E-state index is 0.271. The average Bonchev–Trinajstić information content (AvgIpc) is 2.73. The Morgan fingerprint density at radius 3 is 2.89 bits per heavy atom. The summed E-state index contributed by atoms with van der Waals surface area (Å²) in [6, 6.07) is 7.81. The molecule has 0 bridgehead atoms. The van der Waals surface area contributed by atoms with Crippen LogP contribution in [0.25, 0.3) is 10.9 Å². The van der Waals surface area contributed by atoms with E-state index in [1.54, 1.807) is 0 Å². The molecule has 2 rings (SSSR count). The molecule has 0 atom stereocenters. The van der Waals surface area contributed by atoms with Crippen LogP contribution in [-0.2, 0) is 11.8 Å². The summed E-state index contributed by atoms with van der Waals surface area (Å²) in [5.74, 6) is -0.271. The maximum absolute atomic E-state index is 12.0. The summed E-state index contributed by atoms with van der Waals surface area (Å²) in [6.07, 6.45) is 6.61. The van der Waals surface area contributed by atoms with Crippen molar-refractivity contribution in [3.63, 3.8) is 0 Å². The third-order valence-electron chi connectivity index (χ3n) is 2.83. The lowest BCUT2D eigenvalue weighted by Gasteiger charge is -1.99. The molecule has 0 aliphatic rings. The summed E-state index contributed by atoms with van der Waals surface area (Å²) >= 11 is 0. The van der Waals surface area contributed by atoms with E-state index in [1.165, 1.54) is 0 Å². The molecular formula is C15H17NO2. The fourth-order valence-corrected chi connectivity index (χ4v) is 1.94. The molecule has 18 heavy (non-hydrogen) atoms. The number of nitrogens with zero attached hydrogens (tertiary/aromatic N) is 1. The molecule has 0 unspecified atom stereocenters. The summed E-state index contributed by atoms with van der Waals surface area (Å²) < 4.78 is 7.15. The highest BCUT2D eigenvalue weighted by atomic mass is 16.5. The predicted octanol–water partition coefficient (Wildman–Crippen LogP) is 3.30. The maximum atomic E-state index is 12.0. The quantitative estimate of drug-likeness (QED) is 0.609. The summed E-state index contributed by atoms with van der Waals surface area (Å²) in [4.78, 5) is 12.0. The highest BCUT2D eigenvalue weighted by Crippen LogP contribution is 2.20. The van der Waals surface area contributed by atoms with Crippen LogP contribution < -0.4 is 0 Å². The lowest BCUT2D eigenvalue weighted by Crippen LogP contribution is -2.04. The van der Waals surface area contributed by atoms with E-state index in [2.05, 4.69) is 0 Å². The van der Waals surface area contributed by atoms with Gasteiger partial charge in [-0.1, -0.05) is 37.3 Å². The molecule has 0 fully saturated rings. The van der Waals surface area contributed by atoms with Crippen molar-refractivity contribution >= 4 is 16.9 Å². The first-order valence-electron chi connectivity index (χ1n) is 6.10. The van der Waals surface area contributed by atoms with Crippen molar-refractivity contribution in [3.05, 3.63) is 48.2 Å². The Kier molecular flexibility index (Phi) is 3.82. The minimum Gasteiger partial charge on any atom is -0.458 e. The number of fused-ring (bicyclic) bond motifs is 1. The fraction of sp³-hybridized carbons (Fsp3) is 0.267. The van der Waals surface area contributed by atoms with Gasteiger partial charge in [0.2, 0.25) is 0 Å². The number of aryl methyl sites for hydroxylation is 1. The molecule has 1 heterocycles. The molecule has 0 aliphatic heterocycles. The van der Waals surface area contributed by atoms with Crippen molar-refractivity contribution in [2.75, 3.05) is 6.61 Å². The van der Waals surface area contributed by atoms with E-state index in [0.29, 0.717) is 12.2 Å². The van der Waals surface area contributed by atoms with Crippen LogP contribution in [0.4, 0.5) is 0 Å². The zero-order valence-electron chi connectivity index (χ0n) is 10.7. The molecule has 0 amide bonds. The molecule has 3 heteroatoms. The molecule has 0 radical (unpaired) electrons. The highest BCUT2D eigenvalue weighted by molar-refractivity contribution is 6.04. The molecule has 2 aromatic rings. The molecule has 1 aromatic heterocycles. The number of benzene rings is 1. The second-order valence-corrected chi connectivity index (χ2v) is 4.15. The Balaban J connectivity index is 2.20. The van der Waals surface area contributed by atoms with Crippen LogP contribution >= 0.6 is 0 Å². The van der Waals surface area contributed by atoms with Gasteiger partial charge in [0.15, 0.2) is 0 Å². The van der Waals surface area contributed by atoms with E-state index >= 15 is 0 Å². The van der Waals surface area contributed by atoms with E-state index in [4.69, 9.17) is 4.74 Å². The van der Waals surface area contributed by atoms with Crippen molar-refractivity contribution in [2.24, 2.45) is 7.05 Å². The SMILES string of the molecule is CC/C=C/COC(=O)c1cn(C)c2ccccc12. The van der Waals surface area contributed by atoms with E-state index in [1.807, 2.05) is 61.2 Å². The largest absolute Gasteiger partial charge is 0.458 e. The minimum atomic E-state index is -0.271. The van der Waals surface area contributed by atoms with Crippen molar-refractivity contribution < 1.29 is 9.53 Å². The molecule has 0 saturated heterocycles. The number of esters is 1. The molecule has 94 valence electrons. The smallest absolute Gasteiger partial charge is 0.340 e. The van der Waals surface area contributed by atoms with Gasteiger partial charge in [-0.15, -0.1) is 0 Å². The Labute approximate surface area is 107 Å². The second kappa shape index (κ2) is 5.54. The van der Waals surface area contributed by atoms with Gasteiger partial charge in [0.1, 0.15) is 6.61 Å². The molecular weight excluding hydrogens is 226 g/mol. The molecule has 0 N–H and O–H groups in total. The molecule has 1 aromatic carbocycles. The van der Waals surface area contributed by atoms with Gasteiger partial charge in [-0.25, -0.2) is 4.79 Å². The predicted molar refractivity (Wildman–Crippen MR) is 72.6 cm³/mol. The van der Waals surface area contributed by atoms with Crippen molar-refractivity contribution in [3.8, 4) is 0 Å². The van der Waals surface area contributed by atoms with Crippen molar-refractivity contribution in [2.45, 2.75) is 13.3 Å². The van der Waals surface area contributed by atoms with Crippen LogP contribution in [0.1, 0.15) is 23.7 Å². The molecule has 0 aliphatic carbocycles. The average molecular weight is 243 g/mol. The number of hydrogen-bond donors (Lipinski definition) is 0. The van der Waals surface area contributed by atoms with Crippen molar-refractivity contribution in [1.29, 1.82) is 0 Å². The van der Waals surface area contributed by atoms with Crippen LogP contribution in [0.2, 0.25) is 0 Å². The van der Waals surface area contributed by atoms with Crippen LogP contribution in [-0.4, -0.2) is 17.1 Å². The van der Waals surface area contributed by atoms with Gasteiger partial charge in [0.05, 0.1) is 5.56 Å². The lowest BCUT2D eigenvalue weighted by atomic mass is 10.2. The molecule has 0 saturated carbocycles. The Morgan fingerprint density at radius 2 is 2.11 bits per heavy atom. The summed E-state index contributed by atoms with van der Waals surface area (Å²) in [5.41, 5.74) is 1.66. The third kappa shape index (κ3) is 2.45. The summed E-state index contributed by atoms with van der Waals surface area (Å²) in [6.45, 7) is 2.37. The van der Waals surface area contributed by atoms with Gasteiger partial charge in [-0.05, 0) is 12.5 Å². The lowest BCUT2D eigenvalue weighted by molar-refractivity contribution is 0.0551. The highest BCUT2D eigenvalue weighted by Gasteiger charge is 2.13. The first-order chi connectivity index (χ1) is 8.74. The number of para-hydroxylation sites is 1. The Bertz CT molecular complexity index is 581. The maximum Gasteiger partial charge on any atom is 0.340 e. The van der Waals surface area contributed by atoms with Gasteiger partial charge in [0, 0.05) is 24.1 Å². The number of carbonyl (C=O) groups excluding carboxylic acids is 1. The molecule has 3 nitrogen and oxygen atoms in total. The van der Waals surface area contributed by atoms with E-state index < -0.39 is 0 Å². The third-order valence-corrected chi connectivity index (χ3v) is 2.83. The normalized spacial score (nSPS) is 11.2. The topological polar surface area (TPSA) is 31.2 Å². The van der Waals surface area contributed by atoms with Crippen LogP contribution in [0, 0.1) is 0 Å². The summed E-state index contributed by atoms with van der Waals surface area (Å²) in [7, 11) is 1.93. The fourth-order valence-electron chi connectivity index (χ4n) is 1.94. The first-order valence-corrected chi connectivity index (χ1v) is 6.10. The Hall–Kier alpha value is -2.03. The number of rotatable bonds is 4. The van der Waals surface area contributed by atoms with Gasteiger partial charge < -0.3 is 9.30 Å². The van der Waals surface area contributed by atoms with E-state index in [-0.39, 0.29) is 5.97 Å². The summed E-state index contributed by atoms with van der Waals surface area (Å²) in [5, 5.41) is 0.935. The zero-order valence-corrected chi connectivity index (χ0v) is 10.7. The van der Waals surface area contributed by atoms with Crippen LogP contribution in [0.15, 0.2) is 42.6 Å². The number of carbonyl (C=O) groups is 1. The monoisotopic (exact) mass is 243 g/mol. The van der Waals surface area contributed by atoms with Crippen molar-refractivity contribution in [1.82, 2.24) is 4.57 Å². The standard InChI is InChI=1S/C15H17NO2/c1-3-4-7-10-18-15(17)13-11-16(2)14-9-6-5-8-12(13)14/h4-9,11H,3,10H2,1-2H3/b7-4+. The van der Waals surface area contributed by atoms with Gasteiger partial charge in [-0.3, -0.25) is 0 Å². The number of ether oxygens (including phenoxy) is 1. The van der Waals surface area contributed by atoms with Crippen LogP contribution in [0.3, 0.4) is 0 Å². The zero-order chi connectivity index (χ0) is 13.0. The van der Waals surface area contributed by atoms with Gasteiger partial charge >= 0.3 is 5.97 Å². The second-order valence-electron chi connectivity index (χ2n) is 4.15. The number of aromatic nitrogens is 1. The number of allylic oxidation sites excluding steroid dienone is 1. The van der Waals surface area contributed by atoms with Gasteiger partial charge in [-0.2, -0.15) is 0 Å². The first kappa shape index (κ1) is 12.4. The van der Waals surface area contributed by atoms with Crippen LogP contribution in [0.5, 0.6) is 0 Å². The van der Waals surface area contributed by atoms with E-state index in [9.17, 15) is 4.79 Å². The Morgan fingerprint density at radius 1 is 1.33 bits per heavy atom. The van der Waals surface area contributed by atoms with E-state index in [0.717, 1.165) is 17.3 Å². The number of hydrogen-bond acceptors (Lipinski definition) is 2.